The van der Waals surface area contributed by atoms with Crippen LogP contribution in [0.5, 0.6) is 0 Å². The van der Waals surface area contributed by atoms with Gasteiger partial charge in [-0.1, -0.05) is 42.5 Å². The molecule has 3 rings (SSSR count). The first-order valence-corrected chi connectivity index (χ1v) is 8.58. The van der Waals surface area contributed by atoms with Crippen LogP contribution in [0.1, 0.15) is 18.4 Å². The smallest absolute Gasteiger partial charge is 0.227 e. The van der Waals surface area contributed by atoms with Crippen molar-refractivity contribution < 1.29 is 9.90 Å². The minimum atomic E-state index is -0.795. The van der Waals surface area contributed by atoms with Crippen molar-refractivity contribution in [2.24, 2.45) is 0 Å². The zero-order chi connectivity index (χ0) is 17.2. The van der Waals surface area contributed by atoms with Gasteiger partial charge in [-0.2, -0.15) is 0 Å². The summed E-state index contributed by atoms with van der Waals surface area (Å²) in [6.07, 6.45) is 1.99. The predicted molar refractivity (Wildman–Crippen MR) is 97.0 cm³/mol. The van der Waals surface area contributed by atoms with E-state index < -0.39 is 5.60 Å². The lowest BCUT2D eigenvalue weighted by Gasteiger charge is -2.40. The topological polar surface area (TPSA) is 43.8 Å². The molecular weight excluding hydrogens is 300 g/mol. The number of β-amino-alcohol motifs (C(OH)–C–C–N with tert-alkyl or cyclic N) is 1. The summed E-state index contributed by atoms with van der Waals surface area (Å²) in [7, 11) is 3.91. The monoisotopic (exact) mass is 326 g/mol. The SMILES string of the molecule is CN(C)CC1(O)CCCN(C(=O)Cc2cccc3ccccc23)C1. The van der Waals surface area contributed by atoms with Gasteiger partial charge in [-0.3, -0.25) is 4.79 Å². The Morgan fingerprint density at radius 1 is 1.21 bits per heavy atom. The summed E-state index contributed by atoms with van der Waals surface area (Å²) in [6, 6.07) is 14.3. The van der Waals surface area contributed by atoms with Gasteiger partial charge in [-0.05, 0) is 43.3 Å². The number of amides is 1. The molecule has 1 atom stereocenters. The molecule has 0 spiro atoms. The number of carbonyl (C=O) groups excluding carboxylic acids is 1. The van der Waals surface area contributed by atoms with E-state index in [0.29, 0.717) is 19.5 Å². The van der Waals surface area contributed by atoms with E-state index in [2.05, 4.69) is 18.2 Å². The third-order valence-electron chi connectivity index (χ3n) is 4.74. The molecular formula is C20H26N2O2. The lowest BCUT2D eigenvalue weighted by molar-refractivity contribution is -0.138. The Balaban J connectivity index is 1.74. The molecule has 1 heterocycles. The van der Waals surface area contributed by atoms with Crippen LogP contribution in [-0.2, 0) is 11.2 Å². The Labute approximate surface area is 143 Å². The average Bonchev–Trinajstić information content (AvgIpc) is 2.54. The summed E-state index contributed by atoms with van der Waals surface area (Å²) in [5.74, 6) is 0.100. The third kappa shape index (κ3) is 3.77. The van der Waals surface area contributed by atoms with Gasteiger partial charge < -0.3 is 14.9 Å². The molecule has 0 radical (unpaired) electrons. The molecule has 1 saturated heterocycles. The number of rotatable bonds is 4. The number of likely N-dealkylation sites (N-methyl/N-ethyl adjacent to an activating group) is 1. The standard InChI is InChI=1S/C20H26N2O2/c1-21(2)14-20(24)11-6-12-22(15-20)19(23)13-17-9-5-8-16-7-3-4-10-18(16)17/h3-5,7-10,24H,6,11-15H2,1-2H3. The number of fused-ring (bicyclic) bond motifs is 1. The highest BCUT2D eigenvalue weighted by atomic mass is 16.3. The molecule has 2 aromatic carbocycles. The Hall–Kier alpha value is -1.91. The minimum Gasteiger partial charge on any atom is -0.387 e. The van der Waals surface area contributed by atoms with Gasteiger partial charge in [-0.15, -0.1) is 0 Å². The van der Waals surface area contributed by atoms with Crippen molar-refractivity contribution in [3.63, 3.8) is 0 Å². The van der Waals surface area contributed by atoms with E-state index in [1.807, 2.05) is 48.2 Å². The van der Waals surface area contributed by atoms with Crippen molar-refractivity contribution in [2.45, 2.75) is 24.9 Å². The maximum atomic E-state index is 12.8. The van der Waals surface area contributed by atoms with Crippen molar-refractivity contribution in [1.29, 1.82) is 0 Å². The van der Waals surface area contributed by atoms with Gasteiger partial charge in [0.25, 0.3) is 0 Å². The molecule has 1 aliphatic heterocycles. The number of carbonyl (C=O) groups is 1. The molecule has 0 saturated carbocycles. The van der Waals surface area contributed by atoms with Crippen LogP contribution in [0, 0.1) is 0 Å². The molecule has 4 nitrogen and oxygen atoms in total. The molecule has 2 aromatic rings. The Bertz CT molecular complexity index is 723. The fourth-order valence-corrected chi connectivity index (χ4v) is 3.76. The fourth-order valence-electron chi connectivity index (χ4n) is 3.76. The van der Waals surface area contributed by atoms with Crippen molar-refractivity contribution in [3.05, 3.63) is 48.0 Å². The van der Waals surface area contributed by atoms with E-state index in [1.54, 1.807) is 0 Å². The van der Waals surface area contributed by atoms with E-state index in [1.165, 1.54) is 0 Å². The summed E-state index contributed by atoms with van der Waals surface area (Å²) >= 11 is 0. The van der Waals surface area contributed by atoms with Crippen LogP contribution in [0.15, 0.2) is 42.5 Å². The van der Waals surface area contributed by atoms with Gasteiger partial charge in [0.15, 0.2) is 0 Å². The second-order valence-electron chi connectivity index (χ2n) is 7.20. The van der Waals surface area contributed by atoms with Gasteiger partial charge in [0, 0.05) is 13.1 Å². The maximum Gasteiger partial charge on any atom is 0.227 e. The Morgan fingerprint density at radius 2 is 1.96 bits per heavy atom. The molecule has 1 unspecified atom stereocenters. The molecule has 0 aromatic heterocycles. The Morgan fingerprint density at radius 3 is 2.75 bits per heavy atom. The van der Waals surface area contributed by atoms with Gasteiger partial charge in [-0.25, -0.2) is 0 Å². The normalized spacial score (nSPS) is 21.4. The highest BCUT2D eigenvalue weighted by molar-refractivity contribution is 5.90. The summed E-state index contributed by atoms with van der Waals surface area (Å²) in [5.41, 5.74) is 0.260. The van der Waals surface area contributed by atoms with Crippen LogP contribution in [0.3, 0.4) is 0 Å². The average molecular weight is 326 g/mol. The van der Waals surface area contributed by atoms with Gasteiger partial charge in [0.1, 0.15) is 0 Å². The van der Waals surface area contributed by atoms with E-state index >= 15 is 0 Å². The first-order chi connectivity index (χ1) is 11.5. The summed E-state index contributed by atoms with van der Waals surface area (Å²) in [6.45, 7) is 1.75. The molecule has 0 aliphatic carbocycles. The summed E-state index contributed by atoms with van der Waals surface area (Å²) < 4.78 is 0. The van der Waals surface area contributed by atoms with Crippen LogP contribution in [0.4, 0.5) is 0 Å². The maximum absolute atomic E-state index is 12.8. The second kappa shape index (κ2) is 6.91. The molecule has 128 valence electrons. The lowest BCUT2D eigenvalue weighted by atomic mass is 9.91. The van der Waals surface area contributed by atoms with E-state index in [0.717, 1.165) is 35.7 Å². The van der Waals surface area contributed by atoms with Crippen molar-refractivity contribution in [2.75, 3.05) is 33.7 Å². The molecule has 1 fully saturated rings. The van der Waals surface area contributed by atoms with Crippen LogP contribution in [0.25, 0.3) is 10.8 Å². The first-order valence-electron chi connectivity index (χ1n) is 8.58. The first kappa shape index (κ1) is 16.9. The number of aliphatic hydroxyl groups is 1. The largest absolute Gasteiger partial charge is 0.387 e. The summed E-state index contributed by atoms with van der Waals surface area (Å²) in [5, 5.41) is 13.1. The van der Waals surface area contributed by atoms with Crippen molar-refractivity contribution >= 4 is 16.7 Å². The fraction of sp³-hybridized carbons (Fsp3) is 0.450. The molecule has 0 bridgehead atoms. The van der Waals surface area contributed by atoms with Crippen LogP contribution >= 0.6 is 0 Å². The molecule has 1 aliphatic rings. The van der Waals surface area contributed by atoms with Gasteiger partial charge >= 0.3 is 0 Å². The quantitative estimate of drug-likeness (QED) is 0.937. The number of likely N-dealkylation sites (tertiary alicyclic amines) is 1. The van der Waals surface area contributed by atoms with E-state index in [-0.39, 0.29) is 5.91 Å². The minimum absolute atomic E-state index is 0.100. The molecule has 4 heteroatoms. The highest BCUT2D eigenvalue weighted by Crippen LogP contribution is 2.24. The van der Waals surface area contributed by atoms with Crippen molar-refractivity contribution in [3.8, 4) is 0 Å². The third-order valence-corrected chi connectivity index (χ3v) is 4.74. The van der Waals surface area contributed by atoms with Crippen LogP contribution < -0.4 is 0 Å². The molecule has 1 amide bonds. The Kier molecular flexibility index (Phi) is 4.88. The number of nitrogens with zero attached hydrogens (tertiary/aromatic N) is 2. The lowest BCUT2D eigenvalue weighted by Crippen LogP contribution is -2.55. The van der Waals surface area contributed by atoms with E-state index in [4.69, 9.17) is 0 Å². The summed E-state index contributed by atoms with van der Waals surface area (Å²) in [4.78, 5) is 16.6. The molecule has 1 N–H and O–H groups in total. The highest BCUT2D eigenvalue weighted by Gasteiger charge is 2.35. The van der Waals surface area contributed by atoms with Crippen LogP contribution in [-0.4, -0.2) is 60.1 Å². The number of piperidine rings is 1. The molecule has 24 heavy (non-hydrogen) atoms. The van der Waals surface area contributed by atoms with Gasteiger partial charge in [0.2, 0.25) is 5.91 Å². The van der Waals surface area contributed by atoms with Crippen LogP contribution in [0.2, 0.25) is 0 Å². The number of hydrogen-bond acceptors (Lipinski definition) is 3. The van der Waals surface area contributed by atoms with E-state index in [9.17, 15) is 9.90 Å². The predicted octanol–water partition coefficient (Wildman–Crippen LogP) is 2.30. The second-order valence-corrected chi connectivity index (χ2v) is 7.20. The number of benzene rings is 2. The van der Waals surface area contributed by atoms with Crippen molar-refractivity contribution in [1.82, 2.24) is 9.80 Å². The zero-order valence-electron chi connectivity index (χ0n) is 14.5. The van der Waals surface area contributed by atoms with Gasteiger partial charge in [0.05, 0.1) is 18.6 Å². The number of hydrogen-bond donors (Lipinski definition) is 1. The zero-order valence-corrected chi connectivity index (χ0v) is 14.5.